The highest BCUT2D eigenvalue weighted by atomic mass is 32.3. The number of sulfonamides is 1. The van der Waals surface area contributed by atoms with Gasteiger partial charge in [0.25, 0.3) is 0 Å². The summed E-state index contributed by atoms with van der Waals surface area (Å²) in [5.74, 6) is -2.15. The summed E-state index contributed by atoms with van der Waals surface area (Å²) in [6.45, 7) is 3.35. The molecule has 0 spiro atoms. The minimum Gasteiger partial charge on any atom is -0.506 e. The Kier molecular flexibility index (Phi) is 7.53. The number of aliphatic hydroxyl groups is 1. The van der Waals surface area contributed by atoms with E-state index in [1.807, 2.05) is 13.8 Å². The van der Waals surface area contributed by atoms with Crippen molar-refractivity contribution in [2.45, 2.75) is 37.2 Å². The number of primary amides is 1. The highest BCUT2D eigenvalue weighted by molar-refractivity contribution is 8.23. The van der Waals surface area contributed by atoms with Crippen molar-refractivity contribution < 1.29 is 37.0 Å². The van der Waals surface area contributed by atoms with Gasteiger partial charge in [0.2, 0.25) is 21.7 Å². The molecule has 39 heavy (non-hydrogen) atoms. The number of rotatable bonds is 9. The molecule has 1 unspecified atom stereocenters. The average Bonchev–Trinajstić information content (AvgIpc) is 2.83. The molecule has 1 heterocycles. The van der Waals surface area contributed by atoms with E-state index in [1.54, 1.807) is 24.3 Å². The number of nitrogens with one attached hydrogen (secondary N) is 2. The van der Waals surface area contributed by atoms with E-state index in [4.69, 9.17) is 10.5 Å². The van der Waals surface area contributed by atoms with E-state index in [9.17, 15) is 32.2 Å². The third-order valence-corrected chi connectivity index (χ3v) is 8.24. The fourth-order valence-electron chi connectivity index (χ4n) is 4.54. The Bertz CT molecular complexity index is 1520. The summed E-state index contributed by atoms with van der Waals surface area (Å²) < 4.78 is 57.3. The van der Waals surface area contributed by atoms with E-state index in [2.05, 4.69) is 14.4 Å². The van der Waals surface area contributed by atoms with Gasteiger partial charge in [-0.1, -0.05) is 48.9 Å². The number of aliphatic hydroxyl groups excluding tert-OH is 1. The van der Waals surface area contributed by atoms with Gasteiger partial charge in [-0.3, -0.25) is 23.4 Å². The molecule has 0 saturated heterocycles. The first-order chi connectivity index (χ1) is 18.1. The molecule has 2 aromatic carbocycles. The molecule has 210 valence electrons. The Morgan fingerprint density at radius 2 is 1.92 bits per heavy atom. The maximum atomic E-state index is 14.2. The third-order valence-electron chi connectivity index (χ3n) is 6.27. The van der Waals surface area contributed by atoms with E-state index >= 15 is 0 Å². The number of carbonyl (C=O) groups is 2. The summed E-state index contributed by atoms with van der Waals surface area (Å²) in [5.41, 5.74) is 4.09. The van der Waals surface area contributed by atoms with Crippen molar-refractivity contribution in [3.8, 4) is 0 Å². The van der Waals surface area contributed by atoms with Crippen molar-refractivity contribution in [1.29, 1.82) is 0 Å². The maximum Gasteiger partial charge on any atom is 0.243 e. The molecule has 12 nitrogen and oxygen atoms in total. The van der Waals surface area contributed by atoms with Gasteiger partial charge >= 0.3 is 0 Å². The van der Waals surface area contributed by atoms with Crippen molar-refractivity contribution in [3.63, 3.8) is 0 Å². The van der Waals surface area contributed by atoms with Gasteiger partial charge in [-0.05, 0) is 37.0 Å². The van der Waals surface area contributed by atoms with Gasteiger partial charge < -0.3 is 20.9 Å². The lowest BCUT2D eigenvalue weighted by molar-refractivity contribution is -0.149. The van der Waals surface area contributed by atoms with E-state index in [0.29, 0.717) is 12.0 Å². The summed E-state index contributed by atoms with van der Waals surface area (Å²) in [4.78, 5) is 25.8. The second kappa shape index (κ2) is 10.3. The lowest BCUT2D eigenvalue weighted by Gasteiger charge is -2.40. The van der Waals surface area contributed by atoms with Crippen molar-refractivity contribution in [2.75, 3.05) is 22.9 Å². The Labute approximate surface area is 227 Å². The summed E-state index contributed by atoms with van der Waals surface area (Å²) in [7, 11) is -7.59. The summed E-state index contributed by atoms with van der Waals surface area (Å²) >= 11 is 0. The van der Waals surface area contributed by atoms with Crippen LogP contribution in [0.25, 0.3) is 5.76 Å². The van der Waals surface area contributed by atoms with Crippen LogP contribution in [0.2, 0.25) is 0 Å². The van der Waals surface area contributed by atoms with Crippen LogP contribution < -0.4 is 15.8 Å². The summed E-state index contributed by atoms with van der Waals surface area (Å²) in [5, 5.41) is 14.1. The normalized spacial score (nSPS) is 21.0. The van der Waals surface area contributed by atoms with Crippen LogP contribution in [0.3, 0.4) is 0 Å². The number of amides is 1. The molecule has 1 aliphatic heterocycles. The quantitative estimate of drug-likeness (QED) is 0.257. The molecular formula is C25H30N4O8S2. The minimum atomic E-state index is -3.95. The SMILES string of the molecule is CC(C)CCC1(OCC(N)=O)C(=O)C(C2=NS(O)(O)c3cc(NS(C)(=O)=O)ccc3N2)=C(O)c2ccccc21. The number of amidine groups is 1. The maximum absolute atomic E-state index is 14.2. The summed E-state index contributed by atoms with van der Waals surface area (Å²) in [6.07, 6.45) is 1.61. The van der Waals surface area contributed by atoms with Crippen LogP contribution in [0, 0.1) is 5.92 Å². The number of nitrogens with zero attached hydrogens (tertiary/aromatic N) is 1. The molecule has 4 rings (SSSR count). The Morgan fingerprint density at radius 1 is 1.23 bits per heavy atom. The molecule has 0 bridgehead atoms. The van der Waals surface area contributed by atoms with Crippen LogP contribution in [-0.2, 0) is 30.0 Å². The van der Waals surface area contributed by atoms with Crippen LogP contribution in [0.5, 0.6) is 0 Å². The van der Waals surface area contributed by atoms with Crippen molar-refractivity contribution >= 4 is 55.5 Å². The fourth-order valence-corrected chi connectivity index (χ4v) is 6.29. The smallest absolute Gasteiger partial charge is 0.243 e. The van der Waals surface area contributed by atoms with Crippen LogP contribution in [0.1, 0.15) is 37.8 Å². The highest BCUT2D eigenvalue weighted by Crippen LogP contribution is 2.57. The molecule has 2 aliphatic rings. The standard InChI is InChI=1S/C25H30N4O8S2/c1-14(2)10-11-25(37-13-20(26)30)17-7-5-4-6-16(17)22(31)21(23(25)32)24-27-18-9-8-15(28-38(3,33)34)12-19(18)39(35,36)29-24/h4-9,12,14,28,31,35-36H,10-11,13H2,1-3H3,(H2,26,30)(H,27,29). The molecule has 0 radical (unpaired) electrons. The Morgan fingerprint density at radius 3 is 2.56 bits per heavy atom. The van der Waals surface area contributed by atoms with Crippen molar-refractivity contribution in [2.24, 2.45) is 16.0 Å². The van der Waals surface area contributed by atoms with E-state index in [0.717, 1.165) is 6.26 Å². The molecule has 1 atom stereocenters. The number of hydrogen-bond donors (Lipinski definition) is 6. The van der Waals surface area contributed by atoms with Crippen LogP contribution in [0.4, 0.5) is 11.4 Å². The zero-order chi connectivity index (χ0) is 28.8. The fraction of sp³-hybridized carbons (Fsp3) is 0.320. The lowest BCUT2D eigenvalue weighted by Crippen LogP contribution is -2.47. The van der Waals surface area contributed by atoms with E-state index < -0.39 is 50.5 Å². The first-order valence-electron chi connectivity index (χ1n) is 11.9. The number of hydrogen-bond acceptors (Lipinski definition) is 10. The van der Waals surface area contributed by atoms with Gasteiger partial charge in [0.1, 0.15) is 22.8 Å². The molecular weight excluding hydrogens is 548 g/mol. The molecule has 2 aromatic rings. The molecule has 1 amide bonds. The van der Waals surface area contributed by atoms with Gasteiger partial charge in [-0.2, -0.15) is 0 Å². The molecule has 0 aromatic heterocycles. The van der Waals surface area contributed by atoms with Crippen LogP contribution >= 0.6 is 10.8 Å². The zero-order valence-electron chi connectivity index (χ0n) is 21.5. The number of ketones is 1. The predicted molar refractivity (Wildman–Crippen MR) is 149 cm³/mol. The first kappa shape index (κ1) is 28.6. The van der Waals surface area contributed by atoms with Gasteiger partial charge in [0.05, 0.1) is 17.6 Å². The molecule has 0 fully saturated rings. The molecule has 14 heteroatoms. The predicted octanol–water partition coefficient (Wildman–Crippen LogP) is 3.59. The summed E-state index contributed by atoms with van der Waals surface area (Å²) in [6, 6.07) is 10.5. The zero-order valence-corrected chi connectivity index (χ0v) is 23.1. The minimum absolute atomic E-state index is 0.0777. The topological polar surface area (TPSA) is 201 Å². The Balaban J connectivity index is 1.87. The number of carbonyl (C=O) groups excluding carboxylic acids is 2. The number of Topliss-reactive ketones (excluding diaryl/α,β-unsaturated/α-hetero) is 1. The van der Waals surface area contributed by atoms with Crippen LogP contribution in [-0.4, -0.2) is 53.0 Å². The van der Waals surface area contributed by atoms with Crippen LogP contribution in [0.15, 0.2) is 57.3 Å². The van der Waals surface area contributed by atoms with Gasteiger partial charge in [-0.15, -0.1) is 4.40 Å². The molecule has 1 aliphatic carbocycles. The Hall–Kier alpha value is -3.43. The monoisotopic (exact) mass is 578 g/mol. The number of fused-ring (bicyclic) bond motifs is 2. The third kappa shape index (κ3) is 5.65. The van der Waals surface area contributed by atoms with Crippen molar-refractivity contribution in [1.82, 2.24) is 0 Å². The van der Waals surface area contributed by atoms with Gasteiger partial charge in [0, 0.05) is 11.1 Å². The average molecular weight is 579 g/mol. The van der Waals surface area contributed by atoms with Gasteiger partial charge in [0.15, 0.2) is 11.4 Å². The number of benzene rings is 2. The largest absolute Gasteiger partial charge is 0.506 e. The van der Waals surface area contributed by atoms with E-state index in [-0.39, 0.29) is 45.6 Å². The highest BCUT2D eigenvalue weighted by Gasteiger charge is 2.51. The molecule has 7 N–H and O–H groups in total. The molecule has 0 saturated carbocycles. The number of ether oxygens (including phenoxy) is 1. The second-order valence-corrected chi connectivity index (χ2v) is 13.2. The number of nitrogens with two attached hydrogens (primary N) is 1. The van der Waals surface area contributed by atoms with E-state index in [1.165, 1.54) is 18.2 Å². The first-order valence-corrected chi connectivity index (χ1v) is 15.3. The number of anilines is 2. The lowest BCUT2D eigenvalue weighted by atomic mass is 9.73. The van der Waals surface area contributed by atoms with Gasteiger partial charge in [-0.25, -0.2) is 8.42 Å². The second-order valence-electron chi connectivity index (χ2n) is 9.78. The van der Waals surface area contributed by atoms with Crippen molar-refractivity contribution in [3.05, 3.63) is 59.2 Å².